The summed E-state index contributed by atoms with van der Waals surface area (Å²) in [6.07, 6.45) is 0.711. The van der Waals surface area contributed by atoms with Gasteiger partial charge in [-0.25, -0.2) is 12.8 Å². The van der Waals surface area contributed by atoms with Gasteiger partial charge in [0.1, 0.15) is 5.82 Å². The van der Waals surface area contributed by atoms with Crippen LogP contribution in [0, 0.1) is 12.7 Å². The molecule has 0 aliphatic carbocycles. The molecule has 0 aliphatic heterocycles. The van der Waals surface area contributed by atoms with Crippen LogP contribution in [-0.2, 0) is 10.0 Å². The van der Waals surface area contributed by atoms with Crippen LogP contribution in [0.15, 0.2) is 17.0 Å². The molecule has 7 heteroatoms. The number of likely N-dealkylation sites (N-methyl/N-ethyl adjacent to an activating group) is 1. The fourth-order valence-electron chi connectivity index (χ4n) is 1.97. The van der Waals surface area contributed by atoms with Crippen LogP contribution in [0.2, 0.25) is 0 Å². The minimum atomic E-state index is -3.66. The molecule has 5 nitrogen and oxygen atoms in total. The highest BCUT2D eigenvalue weighted by molar-refractivity contribution is 7.89. The average molecular weight is 317 g/mol. The number of nitrogen functional groups attached to an aromatic ring is 1. The van der Waals surface area contributed by atoms with Crippen LogP contribution in [0.4, 0.5) is 10.1 Å². The van der Waals surface area contributed by atoms with Crippen molar-refractivity contribution in [1.82, 2.24) is 9.21 Å². The fraction of sp³-hybridized carbons (Fsp3) is 0.571. The Hall–Kier alpha value is -1.18. The molecule has 0 spiro atoms. The van der Waals surface area contributed by atoms with Crippen molar-refractivity contribution in [1.29, 1.82) is 0 Å². The topological polar surface area (TPSA) is 66.6 Å². The van der Waals surface area contributed by atoms with Gasteiger partial charge in [-0.2, -0.15) is 4.31 Å². The van der Waals surface area contributed by atoms with Crippen molar-refractivity contribution in [3.63, 3.8) is 0 Å². The molecule has 0 bridgehead atoms. The number of rotatable bonds is 7. The Balaban J connectivity index is 3.16. The molecule has 1 rings (SSSR count). The van der Waals surface area contributed by atoms with E-state index in [0.29, 0.717) is 26.1 Å². The van der Waals surface area contributed by atoms with Gasteiger partial charge in [0.2, 0.25) is 10.0 Å². The summed E-state index contributed by atoms with van der Waals surface area (Å²) in [5.41, 5.74) is 5.64. The van der Waals surface area contributed by atoms with Crippen molar-refractivity contribution in [3.05, 3.63) is 23.5 Å². The molecule has 0 heterocycles. The number of anilines is 1. The third-order valence-corrected chi connectivity index (χ3v) is 5.04. The maximum Gasteiger partial charge on any atom is 0.243 e. The molecular formula is C14H24FN3O2S. The van der Waals surface area contributed by atoms with Crippen LogP contribution < -0.4 is 5.73 Å². The van der Waals surface area contributed by atoms with E-state index in [2.05, 4.69) is 0 Å². The molecule has 0 aromatic heterocycles. The highest BCUT2D eigenvalue weighted by Gasteiger charge is 2.25. The van der Waals surface area contributed by atoms with Gasteiger partial charge in [0, 0.05) is 19.6 Å². The summed E-state index contributed by atoms with van der Waals surface area (Å²) in [6.45, 7) is 4.86. The second-order valence-electron chi connectivity index (χ2n) is 5.35. The minimum absolute atomic E-state index is 0.0473. The zero-order valence-corrected chi connectivity index (χ0v) is 13.9. The van der Waals surface area contributed by atoms with Gasteiger partial charge in [-0.05, 0) is 45.1 Å². The summed E-state index contributed by atoms with van der Waals surface area (Å²) in [5, 5.41) is 0. The Morgan fingerprint density at radius 3 is 2.29 bits per heavy atom. The van der Waals surface area contributed by atoms with E-state index in [1.54, 1.807) is 0 Å². The quantitative estimate of drug-likeness (QED) is 0.777. The molecule has 1 aromatic carbocycles. The SMILES string of the molecule is CCCN(CCN(C)C)S(=O)(=O)c1cc(C)c(F)c(N)c1. The van der Waals surface area contributed by atoms with E-state index < -0.39 is 15.8 Å². The van der Waals surface area contributed by atoms with Gasteiger partial charge in [-0.15, -0.1) is 0 Å². The lowest BCUT2D eigenvalue weighted by atomic mass is 10.2. The van der Waals surface area contributed by atoms with Crippen molar-refractivity contribution < 1.29 is 12.8 Å². The standard InChI is InChI=1S/C14H24FN3O2S/c1-5-6-18(8-7-17(3)4)21(19,20)12-9-11(2)14(15)13(16)10-12/h9-10H,5-8,16H2,1-4H3. The van der Waals surface area contributed by atoms with Crippen molar-refractivity contribution >= 4 is 15.7 Å². The van der Waals surface area contributed by atoms with E-state index in [1.165, 1.54) is 23.4 Å². The molecule has 0 saturated carbocycles. The van der Waals surface area contributed by atoms with Gasteiger partial charge in [0.25, 0.3) is 0 Å². The third kappa shape index (κ3) is 4.39. The number of nitrogens with zero attached hydrogens (tertiary/aromatic N) is 2. The maximum absolute atomic E-state index is 13.6. The molecule has 0 radical (unpaired) electrons. The zero-order chi connectivity index (χ0) is 16.2. The van der Waals surface area contributed by atoms with E-state index in [0.717, 1.165) is 0 Å². The molecule has 120 valence electrons. The van der Waals surface area contributed by atoms with E-state index in [-0.39, 0.29) is 16.1 Å². The van der Waals surface area contributed by atoms with Crippen molar-refractivity contribution in [2.24, 2.45) is 0 Å². The molecule has 0 aliphatic rings. The van der Waals surface area contributed by atoms with Gasteiger partial charge in [0.15, 0.2) is 0 Å². The van der Waals surface area contributed by atoms with E-state index in [9.17, 15) is 12.8 Å². The Morgan fingerprint density at radius 2 is 1.81 bits per heavy atom. The number of halogens is 1. The largest absolute Gasteiger partial charge is 0.396 e. The van der Waals surface area contributed by atoms with Crippen molar-refractivity contribution in [2.75, 3.05) is 39.5 Å². The summed E-state index contributed by atoms with van der Waals surface area (Å²) < 4.78 is 40.3. The molecule has 0 unspecified atom stereocenters. The Bertz CT molecular complexity index is 565. The zero-order valence-electron chi connectivity index (χ0n) is 13.1. The average Bonchev–Trinajstić information content (AvgIpc) is 2.39. The normalized spacial score (nSPS) is 12.3. The summed E-state index contributed by atoms with van der Waals surface area (Å²) >= 11 is 0. The summed E-state index contributed by atoms with van der Waals surface area (Å²) in [4.78, 5) is 1.97. The maximum atomic E-state index is 13.6. The molecule has 0 saturated heterocycles. The second-order valence-corrected chi connectivity index (χ2v) is 7.29. The van der Waals surface area contributed by atoms with Crippen LogP contribution in [0.5, 0.6) is 0 Å². The fourth-order valence-corrected chi connectivity index (χ4v) is 3.62. The number of aryl methyl sites for hydroxylation is 1. The predicted molar refractivity (Wildman–Crippen MR) is 83.2 cm³/mol. The molecule has 21 heavy (non-hydrogen) atoms. The summed E-state index contributed by atoms with van der Waals surface area (Å²) in [6, 6.07) is 2.52. The second kappa shape index (κ2) is 7.20. The molecule has 1 aromatic rings. The molecular weight excluding hydrogens is 293 g/mol. The first-order valence-electron chi connectivity index (χ1n) is 6.90. The van der Waals surface area contributed by atoms with Gasteiger partial charge >= 0.3 is 0 Å². The van der Waals surface area contributed by atoms with E-state index >= 15 is 0 Å². The predicted octanol–water partition coefficient (Wildman–Crippen LogP) is 1.68. The molecule has 2 N–H and O–H groups in total. The van der Waals surface area contributed by atoms with E-state index in [1.807, 2.05) is 25.9 Å². The smallest absolute Gasteiger partial charge is 0.243 e. The number of sulfonamides is 1. The number of benzene rings is 1. The van der Waals surface area contributed by atoms with Crippen LogP contribution in [0.1, 0.15) is 18.9 Å². The van der Waals surface area contributed by atoms with Crippen LogP contribution in [0.3, 0.4) is 0 Å². The lowest BCUT2D eigenvalue weighted by Crippen LogP contribution is -2.37. The lowest BCUT2D eigenvalue weighted by Gasteiger charge is -2.23. The molecule has 0 fully saturated rings. The van der Waals surface area contributed by atoms with Gasteiger partial charge < -0.3 is 10.6 Å². The molecule has 0 atom stereocenters. The highest BCUT2D eigenvalue weighted by atomic mass is 32.2. The van der Waals surface area contributed by atoms with Crippen LogP contribution in [-0.4, -0.2) is 51.4 Å². The first kappa shape index (κ1) is 17.9. The summed E-state index contributed by atoms with van der Waals surface area (Å²) in [5.74, 6) is -0.565. The minimum Gasteiger partial charge on any atom is -0.396 e. The van der Waals surface area contributed by atoms with Gasteiger partial charge in [0.05, 0.1) is 10.6 Å². The third-order valence-electron chi connectivity index (χ3n) is 3.16. The van der Waals surface area contributed by atoms with Gasteiger partial charge in [-0.1, -0.05) is 6.92 Å². The Morgan fingerprint density at radius 1 is 1.19 bits per heavy atom. The number of hydrogen-bond donors (Lipinski definition) is 1. The number of nitrogens with two attached hydrogens (primary N) is 1. The summed E-state index contributed by atoms with van der Waals surface area (Å²) in [7, 11) is 0.111. The Kier molecular flexibility index (Phi) is 6.12. The van der Waals surface area contributed by atoms with Crippen molar-refractivity contribution in [2.45, 2.75) is 25.2 Å². The van der Waals surface area contributed by atoms with Crippen molar-refractivity contribution in [3.8, 4) is 0 Å². The van der Waals surface area contributed by atoms with Crippen LogP contribution in [0.25, 0.3) is 0 Å². The Labute approximate surface area is 126 Å². The molecule has 0 amide bonds. The first-order valence-corrected chi connectivity index (χ1v) is 8.34. The lowest BCUT2D eigenvalue weighted by molar-refractivity contribution is 0.333. The van der Waals surface area contributed by atoms with Crippen LogP contribution >= 0.6 is 0 Å². The van der Waals surface area contributed by atoms with Gasteiger partial charge in [-0.3, -0.25) is 0 Å². The highest BCUT2D eigenvalue weighted by Crippen LogP contribution is 2.23. The monoisotopic (exact) mass is 317 g/mol. The van der Waals surface area contributed by atoms with E-state index in [4.69, 9.17) is 5.73 Å². The first-order chi connectivity index (χ1) is 9.70. The number of hydrogen-bond acceptors (Lipinski definition) is 4.